The van der Waals surface area contributed by atoms with E-state index in [-0.39, 0.29) is 5.69 Å². The molecule has 4 rings (SSSR count). The first-order chi connectivity index (χ1) is 13.9. The molecule has 10 heteroatoms. The highest BCUT2D eigenvalue weighted by Crippen LogP contribution is 2.39. The molecule has 3 aromatic rings. The Kier molecular flexibility index (Phi) is 4.53. The summed E-state index contributed by atoms with van der Waals surface area (Å²) in [6.07, 6.45) is 2.65. The van der Waals surface area contributed by atoms with Gasteiger partial charge in [-0.2, -0.15) is 0 Å². The minimum atomic E-state index is -2.34. The number of hydrogen-bond acceptors (Lipinski definition) is 4. The molecule has 148 valence electrons. The van der Waals surface area contributed by atoms with E-state index in [1.807, 2.05) is 0 Å². The van der Waals surface area contributed by atoms with Crippen molar-refractivity contribution in [3.8, 4) is 5.75 Å². The third kappa shape index (κ3) is 3.22. The fourth-order valence-electron chi connectivity index (χ4n) is 2.80. The topological polar surface area (TPSA) is 63.2 Å². The van der Waals surface area contributed by atoms with Gasteiger partial charge in [-0.15, -0.1) is 0 Å². The predicted octanol–water partition coefficient (Wildman–Crippen LogP) is 4.53. The number of amides is 1. The van der Waals surface area contributed by atoms with E-state index in [0.29, 0.717) is 11.4 Å². The van der Waals surface area contributed by atoms with Crippen LogP contribution in [-0.2, 0) is 0 Å². The van der Waals surface area contributed by atoms with E-state index in [4.69, 9.17) is 4.74 Å². The van der Waals surface area contributed by atoms with Gasteiger partial charge in [0.25, 0.3) is 5.91 Å². The zero-order chi connectivity index (χ0) is 20.7. The molecule has 1 unspecified atom stereocenters. The summed E-state index contributed by atoms with van der Waals surface area (Å²) in [5.74, 6) is -12.2. The minimum absolute atomic E-state index is 0.0561. The molecule has 0 saturated carbocycles. The lowest BCUT2D eigenvalue weighted by molar-refractivity contribution is 0.101. The lowest BCUT2D eigenvalue weighted by Gasteiger charge is -2.10. The second-order valence-electron chi connectivity index (χ2n) is 6.04. The van der Waals surface area contributed by atoms with Crippen molar-refractivity contribution in [2.45, 2.75) is 6.23 Å². The number of anilines is 2. The maximum absolute atomic E-state index is 13.8. The molecule has 0 spiro atoms. The highest BCUT2D eigenvalue weighted by molar-refractivity contribution is 6.05. The quantitative estimate of drug-likeness (QED) is 0.380. The van der Waals surface area contributed by atoms with Crippen molar-refractivity contribution in [3.05, 3.63) is 82.9 Å². The van der Waals surface area contributed by atoms with Crippen LogP contribution in [0.3, 0.4) is 0 Å². The lowest BCUT2D eigenvalue weighted by atomic mass is 10.1. The van der Waals surface area contributed by atoms with Gasteiger partial charge in [0.15, 0.2) is 29.5 Å². The van der Waals surface area contributed by atoms with Crippen LogP contribution in [-0.4, -0.2) is 10.9 Å². The van der Waals surface area contributed by atoms with E-state index in [0.717, 1.165) is 5.56 Å². The number of hydrogen-bond donors (Lipinski definition) is 2. The van der Waals surface area contributed by atoms with Crippen LogP contribution in [0.25, 0.3) is 0 Å². The minimum Gasteiger partial charge on any atom is -0.464 e. The average Bonchev–Trinajstić information content (AvgIpc) is 3.15. The highest BCUT2D eigenvalue weighted by Gasteiger charge is 2.30. The molecule has 1 amide bonds. The molecule has 29 heavy (non-hydrogen) atoms. The van der Waals surface area contributed by atoms with Crippen molar-refractivity contribution in [1.82, 2.24) is 4.98 Å². The van der Waals surface area contributed by atoms with Crippen LogP contribution in [0.2, 0.25) is 0 Å². The van der Waals surface area contributed by atoms with Crippen molar-refractivity contribution in [1.29, 1.82) is 0 Å². The maximum atomic E-state index is 13.8. The van der Waals surface area contributed by atoms with Crippen LogP contribution < -0.4 is 15.4 Å². The summed E-state index contributed by atoms with van der Waals surface area (Å²) in [5.41, 5.74) is -0.329. The summed E-state index contributed by atoms with van der Waals surface area (Å²) in [7, 11) is 0. The Bertz CT molecular complexity index is 1100. The van der Waals surface area contributed by atoms with Gasteiger partial charge in [0, 0.05) is 23.6 Å². The highest BCUT2D eigenvalue weighted by atomic mass is 19.2. The second-order valence-corrected chi connectivity index (χ2v) is 6.04. The van der Waals surface area contributed by atoms with Gasteiger partial charge in [-0.05, 0) is 24.3 Å². The summed E-state index contributed by atoms with van der Waals surface area (Å²) in [4.78, 5) is 16.1. The number of fused-ring (bicyclic) bond motifs is 1. The molecule has 1 aliphatic heterocycles. The number of aromatic nitrogens is 1. The molecule has 5 nitrogen and oxygen atoms in total. The molecular formula is C19H10F5N3O2. The van der Waals surface area contributed by atoms with Gasteiger partial charge < -0.3 is 15.4 Å². The van der Waals surface area contributed by atoms with Crippen molar-refractivity contribution >= 4 is 17.3 Å². The number of nitrogens with zero attached hydrogens (tertiary/aromatic N) is 1. The Labute approximate surface area is 160 Å². The maximum Gasteiger partial charge on any atom is 0.261 e. The smallest absolute Gasteiger partial charge is 0.261 e. The standard InChI is InChI=1S/C19H10F5N3O2/c20-13-12(14(21)16(23)17(24)15(13)22)18(28)26-9-3-4-11-10(6-9)27-19(29-11)8-2-1-5-25-7-8/h1-7,19,27H,(H,26,28). The van der Waals surface area contributed by atoms with Crippen LogP contribution in [0.1, 0.15) is 22.1 Å². The van der Waals surface area contributed by atoms with Gasteiger partial charge in [-0.1, -0.05) is 6.07 Å². The molecule has 2 aromatic carbocycles. The van der Waals surface area contributed by atoms with Gasteiger partial charge in [0.1, 0.15) is 11.3 Å². The summed E-state index contributed by atoms with van der Waals surface area (Å²) < 4.78 is 73.0. The number of pyridine rings is 1. The normalized spacial score (nSPS) is 14.7. The molecule has 1 atom stereocenters. The molecule has 1 aromatic heterocycles. The fourth-order valence-corrected chi connectivity index (χ4v) is 2.80. The van der Waals surface area contributed by atoms with Crippen molar-refractivity contribution < 1.29 is 31.5 Å². The van der Waals surface area contributed by atoms with Gasteiger partial charge in [0.05, 0.1) is 5.69 Å². The largest absolute Gasteiger partial charge is 0.464 e. The van der Waals surface area contributed by atoms with Gasteiger partial charge >= 0.3 is 0 Å². The Morgan fingerprint density at radius 2 is 1.69 bits per heavy atom. The first-order valence-electron chi connectivity index (χ1n) is 8.16. The molecule has 0 radical (unpaired) electrons. The van der Waals surface area contributed by atoms with Crippen LogP contribution >= 0.6 is 0 Å². The van der Waals surface area contributed by atoms with Crippen LogP contribution in [0.15, 0.2) is 42.7 Å². The van der Waals surface area contributed by atoms with Gasteiger partial charge in [-0.25, -0.2) is 22.0 Å². The number of halogens is 5. The Morgan fingerprint density at radius 1 is 1.00 bits per heavy atom. The number of nitrogens with one attached hydrogen (secondary N) is 2. The number of rotatable bonds is 3. The van der Waals surface area contributed by atoms with Gasteiger partial charge in [-0.3, -0.25) is 9.78 Å². The number of benzene rings is 2. The van der Waals surface area contributed by atoms with E-state index < -0.39 is 46.8 Å². The van der Waals surface area contributed by atoms with Crippen molar-refractivity contribution in [2.75, 3.05) is 10.6 Å². The average molecular weight is 407 g/mol. The molecule has 0 saturated heterocycles. The first kappa shape index (κ1) is 18.7. The third-order valence-electron chi connectivity index (χ3n) is 4.19. The Balaban J connectivity index is 1.58. The number of carbonyl (C=O) groups excluding carboxylic acids is 1. The summed E-state index contributed by atoms with van der Waals surface area (Å²) in [6.45, 7) is 0. The van der Waals surface area contributed by atoms with Crippen molar-refractivity contribution in [2.24, 2.45) is 0 Å². The predicted molar refractivity (Wildman–Crippen MR) is 91.9 cm³/mol. The zero-order valence-electron chi connectivity index (χ0n) is 14.3. The molecule has 2 heterocycles. The zero-order valence-corrected chi connectivity index (χ0v) is 14.3. The van der Waals surface area contributed by atoms with E-state index in [1.165, 1.54) is 18.2 Å². The fraction of sp³-hybridized carbons (Fsp3) is 0.0526. The van der Waals surface area contributed by atoms with E-state index >= 15 is 0 Å². The second kappa shape index (κ2) is 7.04. The Hall–Kier alpha value is -3.69. The summed E-state index contributed by atoms with van der Waals surface area (Å²) in [5, 5.41) is 5.14. The molecule has 1 aliphatic rings. The Morgan fingerprint density at radius 3 is 2.34 bits per heavy atom. The van der Waals surface area contributed by atoms with E-state index in [9.17, 15) is 26.7 Å². The lowest BCUT2D eigenvalue weighted by Crippen LogP contribution is -2.19. The molecule has 0 aliphatic carbocycles. The molecule has 2 N–H and O–H groups in total. The number of ether oxygens (including phenoxy) is 1. The van der Waals surface area contributed by atoms with Crippen LogP contribution in [0.4, 0.5) is 33.3 Å². The molecule has 0 bridgehead atoms. The molecular weight excluding hydrogens is 397 g/mol. The van der Waals surface area contributed by atoms with Crippen LogP contribution in [0, 0.1) is 29.1 Å². The van der Waals surface area contributed by atoms with Crippen molar-refractivity contribution in [3.63, 3.8) is 0 Å². The van der Waals surface area contributed by atoms with E-state index in [2.05, 4.69) is 15.6 Å². The monoisotopic (exact) mass is 407 g/mol. The third-order valence-corrected chi connectivity index (χ3v) is 4.19. The van der Waals surface area contributed by atoms with E-state index in [1.54, 1.807) is 24.5 Å². The van der Waals surface area contributed by atoms with Crippen LogP contribution in [0.5, 0.6) is 5.75 Å². The SMILES string of the molecule is O=C(Nc1ccc2c(c1)NC(c1cccnc1)O2)c1c(F)c(F)c(F)c(F)c1F. The first-order valence-corrected chi connectivity index (χ1v) is 8.16. The number of carbonyl (C=O) groups is 1. The molecule has 0 fully saturated rings. The summed E-state index contributed by atoms with van der Waals surface area (Å²) >= 11 is 0. The summed E-state index contributed by atoms with van der Waals surface area (Å²) in [6, 6.07) is 7.74. The van der Waals surface area contributed by atoms with Gasteiger partial charge in [0.2, 0.25) is 5.82 Å².